The van der Waals surface area contributed by atoms with Crippen molar-refractivity contribution in [2.75, 3.05) is 6.54 Å². The number of nitrogens with one attached hydrogen (secondary N) is 1. The molecule has 5 atom stereocenters. The SMILES string of the molecule is CC1=CC(NC(=O)CC[C@@H]2CC(=O)[C@@]3(C)CCC4c5cccc(F)c5CCC4C23)=NCC1. The number of carbonyl (C=O) groups is 2. The van der Waals surface area contributed by atoms with E-state index in [4.69, 9.17) is 0 Å². The van der Waals surface area contributed by atoms with Crippen LogP contribution in [-0.2, 0) is 16.0 Å². The molecule has 1 amide bonds. The molecule has 1 aliphatic heterocycles. The Bertz CT molecular complexity index is 1010. The first kappa shape index (κ1) is 21.5. The minimum atomic E-state index is -0.291. The molecule has 2 fully saturated rings. The average Bonchev–Trinajstić information content (AvgIpc) is 3.02. The summed E-state index contributed by atoms with van der Waals surface area (Å²) in [7, 11) is 0. The molecule has 170 valence electrons. The Morgan fingerprint density at radius 1 is 1.28 bits per heavy atom. The number of rotatable bonds is 3. The predicted molar refractivity (Wildman–Crippen MR) is 123 cm³/mol. The summed E-state index contributed by atoms with van der Waals surface area (Å²) in [5.41, 5.74) is 2.99. The Kier molecular flexibility index (Phi) is 5.55. The van der Waals surface area contributed by atoms with E-state index < -0.39 is 0 Å². The van der Waals surface area contributed by atoms with Gasteiger partial charge in [0.1, 0.15) is 17.4 Å². The van der Waals surface area contributed by atoms with Crippen molar-refractivity contribution in [2.45, 2.75) is 71.1 Å². The molecule has 4 aliphatic rings. The number of amidine groups is 1. The summed E-state index contributed by atoms with van der Waals surface area (Å²) < 4.78 is 14.4. The summed E-state index contributed by atoms with van der Waals surface area (Å²) in [6.45, 7) is 4.93. The summed E-state index contributed by atoms with van der Waals surface area (Å²) in [6.07, 6.45) is 8.13. The standard InChI is InChI=1S/C27H33FN2O2/c1-16-11-13-29-24(14-16)30-25(32)9-6-17-15-23(31)27(2)12-10-19-18-4-3-5-22(28)20(18)7-8-21(19)26(17)27/h3-5,14,17,19,21,26H,6-13,15H2,1-2H3,(H,29,30,32)/t17-,19?,21?,26?,27-/m1/s1. The van der Waals surface area contributed by atoms with E-state index in [1.54, 1.807) is 6.07 Å². The third-order valence-electron chi connectivity index (χ3n) is 8.74. The molecular weight excluding hydrogens is 403 g/mol. The van der Waals surface area contributed by atoms with Gasteiger partial charge in [-0.05, 0) is 92.4 Å². The molecule has 3 aliphatic carbocycles. The highest BCUT2D eigenvalue weighted by molar-refractivity contribution is 6.04. The number of Topliss-reactive ketones (excluding diaryl/α,β-unsaturated/α-hetero) is 1. The van der Waals surface area contributed by atoms with Crippen molar-refractivity contribution < 1.29 is 14.0 Å². The van der Waals surface area contributed by atoms with Crippen LogP contribution in [0.1, 0.15) is 75.8 Å². The molecule has 0 saturated heterocycles. The lowest BCUT2D eigenvalue weighted by atomic mass is 9.54. The van der Waals surface area contributed by atoms with Crippen molar-refractivity contribution in [1.82, 2.24) is 5.32 Å². The van der Waals surface area contributed by atoms with Crippen LogP contribution in [0.4, 0.5) is 4.39 Å². The summed E-state index contributed by atoms with van der Waals surface area (Å²) in [5, 5.41) is 2.95. The van der Waals surface area contributed by atoms with Crippen LogP contribution in [0, 0.1) is 29.0 Å². The van der Waals surface area contributed by atoms with E-state index in [9.17, 15) is 14.0 Å². The zero-order valence-corrected chi connectivity index (χ0v) is 19.1. The molecule has 3 unspecified atom stereocenters. The minimum absolute atomic E-state index is 0.0147. The topological polar surface area (TPSA) is 58.5 Å². The van der Waals surface area contributed by atoms with Gasteiger partial charge in [-0.15, -0.1) is 0 Å². The molecule has 0 spiro atoms. The van der Waals surface area contributed by atoms with E-state index in [0.717, 1.165) is 56.2 Å². The fourth-order valence-corrected chi connectivity index (χ4v) is 7.20. The molecule has 1 heterocycles. The second-order valence-corrected chi connectivity index (χ2v) is 10.6. The molecule has 1 N–H and O–H groups in total. The van der Waals surface area contributed by atoms with Crippen molar-refractivity contribution in [3.05, 3.63) is 46.8 Å². The van der Waals surface area contributed by atoms with Crippen LogP contribution in [-0.4, -0.2) is 24.1 Å². The van der Waals surface area contributed by atoms with Gasteiger partial charge < -0.3 is 5.32 Å². The highest BCUT2D eigenvalue weighted by Crippen LogP contribution is 2.62. The van der Waals surface area contributed by atoms with Crippen LogP contribution in [0.3, 0.4) is 0 Å². The Morgan fingerprint density at radius 2 is 2.12 bits per heavy atom. The van der Waals surface area contributed by atoms with Crippen molar-refractivity contribution >= 4 is 17.5 Å². The normalized spacial score (nSPS) is 33.5. The van der Waals surface area contributed by atoms with Crippen molar-refractivity contribution in [2.24, 2.45) is 28.2 Å². The maximum absolute atomic E-state index is 14.4. The predicted octanol–water partition coefficient (Wildman–Crippen LogP) is 5.12. The third-order valence-corrected chi connectivity index (χ3v) is 8.74. The van der Waals surface area contributed by atoms with Gasteiger partial charge in [-0.3, -0.25) is 14.6 Å². The fourth-order valence-electron chi connectivity index (χ4n) is 7.20. The molecule has 5 rings (SSSR count). The lowest BCUT2D eigenvalue weighted by Crippen LogP contribution is -2.44. The Balaban J connectivity index is 1.32. The van der Waals surface area contributed by atoms with Crippen molar-refractivity contribution in [1.29, 1.82) is 0 Å². The van der Waals surface area contributed by atoms with Crippen LogP contribution < -0.4 is 5.32 Å². The third kappa shape index (κ3) is 3.64. The highest BCUT2D eigenvalue weighted by atomic mass is 19.1. The first-order chi connectivity index (χ1) is 15.4. The van der Waals surface area contributed by atoms with Gasteiger partial charge in [-0.2, -0.15) is 0 Å². The number of carbonyl (C=O) groups excluding carboxylic acids is 2. The van der Waals surface area contributed by atoms with Gasteiger partial charge in [0.05, 0.1) is 0 Å². The Hall–Kier alpha value is -2.30. The molecule has 0 radical (unpaired) electrons. The van der Waals surface area contributed by atoms with E-state index in [-0.39, 0.29) is 29.0 Å². The molecule has 0 bridgehead atoms. The van der Waals surface area contributed by atoms with Crippen LogP contribution in [0.2, 0.25) is 0 Å². The Labute approximate surface area is 189 Å². The fraction of sp³-hybridized carbons (Fsp3) is 0.593. The molecule has 2 saturated carbocycles. The number of aliphatic imine (C=N–C) groups is 1. The first-order valence-corrected chi connectivity index (χ1v) is 12.2. The molecular formula is C27H33FN2O2. The second kappa shape index (κ2) is 8.24. The van der Waals surface area contributed by atoms with E-state index in [2.05, 4.69) is 30.2 Å². The molecule has 4 nitrogen and oxygen atoms in total. The summed E-state index contributed by atoms with van der Waals surface area (Å²) in [6, 6.07) is 5.49. The molecule has 1 aromatic rings. The van der Waals surface area contributed by atoms with Crippen molar-refractivity contribution in [3.8, 4) is 0 Å². The lowest BCUT2D eigenvalue weighted by molar-refractivity contribution is -0.129. The number of benzene rings is 1. The summed E-state index contributed by atoms with van der Waals surface area (Å²) in [5.74, 6) is 2.18. The van der Waals surface area contributed by atoms with Crippen LogP contribution in [0.5, 0.6) is 0 Å². The average molecular weight is 437 g/mol. The van der Waals surface area contributed by atoms with Gasteiger partial charge >= 0.3 is 0 Å². The number of nitrogens with zero attached hydrogens (tertiary/aromatic N) is 1. The monoisotopic (exact) mass is 436 g/mol. The van der Waals surface area contributed by atoms with Crippen LogP contribution >= 0.6 is 0 Å². The molecule has 1 aromatic carbocycles. The van der Waals surface area contributed by atoms with E-state index in [1.807, 2.05) is 12.1 Å². The van der Waals surface area contributed by atoms with Crippen LogP contribution in [0.15, 0.2) is 34.8 Å². The number of hydrogen-bond acceptors (Lipinski definition) is 3. The smallest absolute Gasteiger partial charge is 0.225 e. The van der Waals surface area contributed by atoms with Gasteiger partial charge in [-0.1, -0.05) is 24.6 Å². The zero-order valence-electron chi connectivity index (χ0n) is 19.1. The number of halogens is 1. The molecule has 0 aromatic heterocycles. The van der Waals surface area contributed by atoms with E-state index in [1.165, 1.54) is 5.57 Å². The lowest BCUT2D eigenvalue weighted by Gasteiger charge is -2.50. The van der Waals surface area contributed by atoms with E-state index >= 15 is 0 Å². The van der Waals surface area contributed by atoms with Gasteiger partial charge in [0.15, 0.2) is 0 Å². The first-order valence-electron chi connectivity index (χ1n) is 12.2. The zero-order chi connectivity index (χ0) is 22.5. The number of fused-ring (bicyclic) bond motifs is 5. The van der Waals surface area contributed by atoms with Gasteiger partial charge in [0.25, 0.3) is 0 Å². The quantitative estimate of drug-likeness (QED) is 0.715. The van der Waals surface area contributed by atoms with Gasteiger partial charge in [0, 0.05) is 24.8 Å². The van der Waals surface area contributed by atoms with Gasteiger partial charge in [0.2, 0.25) is 5.91 Å². The van der Waals surface area contributed by atoms with Crippen molar-refractivity contribution in [3.63, 3.8) is 0 Å². The minimum Gasteiger partial charge on any atom is -0.311 e. The van der Waals surface area contributed by atoms with Crippen LogP contribution in [0.25, 0.3) is 0 Å². The van der Waals surface area contributed by atoms with E-state index in [0.29, 0.717) is 36.3 Å². The van der Waals surface area contributed by atoms with Gasteiger partial charge in [-0.25, -0.2) is 4.39 Å². The second-order valence-electron chi connectivity index (χ2n) is 10.6. The maximum atomic E-state index is 14.4. The number of hydrogen-bond donors (Lipinski definition) is 1. The number of ketones is 1. The molecule has 32 heavy (non-hydrogen) atoms. The Morgan fingerprint density at radius 3 is 2.94 bits per heavy atom. The maximum Gasteiger partial charge on any atom is 0.225 e. The molecule has 5 heteroatoms. The summed E-state index contributed by atoms with van der Waals surface area (Å²) in [4.78, 5) is 30.2. The largest absolute Gasteiger partial charge is 0.311 e. The number of amides is 1. The number of dihydropyridines is 1. The summed E-state index contributed by atoms with van der Waals surface area (Å²) >= 11 is 0. The highest BCUT2D eigenvalue weighted by Gasteiger charge is 2.58.